The van der Waals surface area contributed by atoms with Crippen molar-refractivity contribution in [3.8, 4) is 0 Å². The molecule has 5 atom stereocenters. The molecule has 5 unspecified atom stereocenters. The monoisotopic (exact) mass is 435 g/mol. The molecular weight excluding hydrogens is 406 g/mol. The molecule has 0 aromatic rings. The van der Waals surface area contributed by atoms with Gasteiger partial charge in [-0.25, -0.2) is 4.79 Å². The van der Waals surface area contributed by atoms with Crippen LogP contribution >= 0.6 is 12.6 Å². The van der Waals surface area contributed by atoms with Crippen molar-refractivity contribution in [2.24, 2.45) is 17.4 Å². The van der Waals surface area contributed by atoms with Crippen LogP contribution in [-0.2, 0) is 24.0 Å². The fourth-order valence-electron chi connectivity index (χ4n) is 2.19. The molecule has 0 spiro atoms. The zero-order valence-corrected chi connectivity index (χ0v) is 17.3. The summed E-state index contributed by atoms with van der Waals surface area (Å²) >= 11 is 3.86. The number of aliphatic hydroxyl groups is 1. The highest BCUT2D eigenvalue weighted by molar-refractivity contribution is 7.80. The predicted molar refractivity (Wildman–Crippen MR) is 106 cm³/mol. The highest BCUT2D eigenvalue weighted by Gasteiger charge is 2.33. The van der Waals surface area contributed by atoms with Gasteiger partial charge in [0.1, 0.15) is 18.1 Å². The smallest absolute Gasteiger partial charge is 0.326 e. The van der Waals surface area contributed by atoms with Crippen LogP contribution in [0.25, 0.3) is 0 Å². The van der Waals surface area contributed by atoms with Crippen LogP contribution in [0.1, 0.15) is 27.2 Å². The third-order valence-electron chi connectivity index (χ3n) is 3.86. The van der Waals surface area contributed by atoms with Crippen LogP contribution in [0.15, 0.2) is 0 Å². The van der Waals surface area contributed by atoms with Crippen LogP contribution < -0.4 is 27.4 Å². The maximum atomic E-state index is 12.5. The number of nitrogens with one attached hydrogen (secondary N) is 3. The van der Waals surface area contributed by atoms with E-state index >= 15 is 0 Å². The molecule has 0 radical (unpaired) electrons. The summed E-state index contributed by atoms with van der Waals surface area (Å²) in [5.74, 6) is -5.40. The van der Waals surface area contributed by atoms with E-state index in [9.17, 15) is 34.2 Å². The van der Waals surface area contributed by atoms with Gasteiger partial charge in [0.2, 0.25) is 23.6 Å². The second kappa shape index (κ2) is 12.2. The van der Waals surface area contributed by atoms with Crippen LogP contribution in [0.2, 0.25) is 0 Å². The molecule has 0 bridgehead atoms. The summed E-state index contributed by atoms with van der Waals surface area (Å²) in [5, 5.41) is 25.7. The summed E-state index contributed by atoms with van der Waals surface area (Å²) in [7, 11) is 0. The number of amides is 4. The van der Waals surface area contributed by atoms with Gasteiger partial charge in [-0.2, -0.15) is 12.6 Å². The van der Waals surface area contributed by atoms with Crippen molar-refractivity contribution in [2.45, 2.75) is 57.5 Å². The third-order valence-corrected chi connectivity index (χ3v) is 4.26. The second-order valence-electron chi connectivity index (χ2n) is 6.82. The van der Waals surface area contributed by atoms with Gasteiger partial charge < -0.3 is 37.6 Å². The van der Waals surface area contributed by atoms with E-state index in [1.54, 1.807) is 13.8 Å². The number of aliphatic carboxylic acids is 1. The molecule has 13 heteroatoms. The molecule has 0 heterocycles. The van der Waals surface area contributed by atoms with E-state index in [-0.39, 0.29) is 5.75 Å². The lowest BCUT2D eigenvalue weighted by molar-refractivity contribution is -0.144. The summed E-state index contributed by atoms with van der Waals surface area (Å²) in [6, 6.07) is -5.32. The quantitative estimate of drug-likeness (QED) is 0.145. The highest BCUT2D eigenvalue weighted by atomic mass is 32.1. The Bertz CT molecular complexity index is 629. The number of hydrogen-bond donors (Lipinski definition) is 8. The van der Waals surface area contributed by atoms with Crippen molar-refractivity contribution in [3.05, 3.63) is 0 Å². The topological polar surface area (TPSA) is 214 Å². The Labute approximate surface area is 173 Å². The average Bonchev–Trinajstić information content (AvgIpc) is 2.60. The fraction of sp³-hybridized carbons (Fsp3) is 0.688. The van der Waals surface area contributed by atoms with Crippen molar-refractivity contribution >= 4 is 42.2 Å². The van der Waals surface area contributed by atoms with Crippen molar-refractivity contribution in [2.75, 3.05) is 5.75 Å². The Morgan fingerprint density at radius 1 is 0.931 bits per heavy atom. The number of aliphatic hydroxyl groups excluding tert-OH is 1. The zero-order chi connectivity index (χ0) is 22.9. The molecule has 166 valence electrons. The van der Waals surface area contributed by atoms with E-state index in [4.69, 9.17) is 11.5 Å². The molecule has 0 rings (SSSR count). The first-order valence-electron chi connectivity index (χ1n) is 8.78. The molecule has 29 heavy (non-hydrogen) atoms. The number of thiol groups is 1. The minimum absolute atomic E-state index is 0.0266. The lowest BCUT2D eigenvalue weighted by atomic mass is 10.0. The van der Waals surface area contributed by atoms with Crippen molar-refractivity contribution in [1.82, 2.24) is 16.0 Å². The third kappa shape index (κ3) is 9.11. The van der Waals surface area contributed by atoms with Gasteiger partial charge in [-0.3, -0.25) is 19.2 Å². The molecule has 0 aliphatic carbocycles. The molecular formula is C16H29N5O7S. The second-order valence-corrected chi connectivity index (χ2v) is 7.18. The van der Waals surface area contributed by atoms with Gasteiger partial charge in [-0.1, -0.05) is 13.8 Å². The summed E-state index contributed by atoms with van der Waals surface area (Å²) in [5.41, 5.74) is 10.6. The first-order valence-corrected chi connectivity index (χ1v) is 9.41. The molecule has 0 aromatic carbocycles. The normalized spacial score (nSPS) is 16.1. The number of hydrogen-bond acceptors (Lipinski definition) is 8. The van der Waals surface area contributed by atoms with Crippen LogP contribution in [0, 0.1) is 5.92 Å². The van der Waals surface area contributed by atoms with Gasteiger partial charge in [0.25, 0.3) is 0 Å². The van der Waals surface area contributed by atoms with Crippen molar-refractivity contribution in [3.63, 3.8) is 0 Å². The fourth-order valence-corrected chi connectivity index (χ4v) is 2.35. The molecule has 0 aliphatic rings. The van der Waals surface area contributed by atoms with Gasteiger partial charge in [0.05, 0.1) is 18.6 Å². The largest absolute Gasteiger partial charge is 0.480 e. The molecule has 0 fully saturated rings. The number of carbonyl (C=O) groups excluding carboxylic acids is 4. The number of carbonyl (C=O) groups is 5. The number of primary amides is 1. The van der Waals surface area contributed by atoms with E-state index in [0.29, 0.717) is 0 Å². The maximum absolute atomic E-state index is 12.5. The van der Waals surface area contributed by atoms with Crippen LogP contribution in [0.4, 0.5) is 0 Å². The Morgan fingerprint density at radius 3 is 1.83 bits per heavy atom. The standard InChI is InChI=1S/C16H29N5O7S/c1-6(2)11(16(27)28)20-15(26)12(7(3)22)21-14(25)9(4-10(18)23)19-13(24)8(17)5-29/h6-9,11-12,22,29H,4-5,17H2,1-3H3,(H2,18,23)(H,19,24)(H,20,26)(H,21,25)(H,27,28). The van der Waals surface area contributed by atoms with E-state index in [1.165, 1.54) is 6.92 Å². The van der Waals surface area contributed by atoms with Gasteiger partial charge >= 0.3 is 5.97 Å². The Kier molecular flexibility index (Phi) is 11.2. The predicted octanol–water partition coefficient (Wildman–Crippen LogP) is -3.31. The SMILES string of the molecule is CC(C)C(NC(=O)C(NC(=O)C(CC(N)=O)NC(=O)C(N)CS)C(C)O)C(=O)O. The van der Waals surface area contributed by atoms with E-state index < -0.39 is 72.2 Å². The molecule has 9 N–H and O–H groups in total. The van der Waals surface area contributed by atoms with E-state index in [0.717, 1.165) is 0 Å². The summed E-state index contributed by atoms with van der Waals surface area (Å²) in [6.07, 6.45) is -2.00. The highest BCUT2D eigenvalue weighted by Crippen LogP contribution is 2.04. The Balaban J connectivity index is 5.41. The minimum atomic E-state index is -1.55. The number of rotatable bonds is 12. The first-order chi connectivity index (χ1) is 13.3. The molecule has 12 nitrogen and oxygen atoms in total. The van der Waals surface area contributed by atoms with Gasteiger partial charge in [0.15, 0.2) is 0 Å². The molecule has 4 amide bonds. The van der Waals surface area contributed by atoms with Gasteiger partial charge in [-0.15, -0.1) is 0 Å². The molecule has 0 saturated carbocycles. The Hall–Kier alpha value is -2.38. The number of carboxylic acids is 1. The minimum Gasteiger partial charge on any atom is -0.480 e. The van der Waals surface area contributed by atoms with E-state index in [1.807, 2.05) is 0 Å². The summed E-state index contributed by atoms with van der Waals surface area (Å²) in [4.78, 5) is 59.3. The summed E-state index contributed by atoms with van der Waals surface area (Å²) < 4.78 is 0. The van der Waals surface area contributed by atoms with Crippen LogP contribution in [-0.4, -0.2) is 75.8 Å². The lowest BCUT2D eigenvalue weighted by Crippen LogP contribution is -2.60. The lowest BCUT2D eigenvalue weighted by Gasteiger charge is -2.27. The van der Waals surface area contributed by atoms with Crippen molar-refractivity contribution in [1.29, 1.82) is 0 Å². The first kappa shape index (κ1) is 26.6. The molecule has 0 aromatic heterocycles. The molecule has 0 aliphatic heterocycles. The number of nitrogens with two attached hydrogens (primary N) is 2. The zero-order valence-electron chi connectivity index (χ0n) is 16.4. The van der Waals surface area contributed by atoms with Crippen LogP contribution in [0.5, 0.6) is 0 Å². The van der Waals surface area contributed by atoms with Gasteiger partial charge in [-0.05, 0) is 12.8 Å². The van der Waals surface area contributed by atoms with Crippen molar-refractivity contribution < 1.29 is 34.2 Å². The van der Waals surface area contributed by atoms with E-state index in [2.05, 4.69) is 28.6 Å². The Morgan fingerprint density at radius 2 is 1.45 bits per heavy atom. The van der Waals surface area contributed by atoms with Gasteiger partial charge in [0, 0.05) is 5.75 Å². The maximum Gasteiger partial charge on any atom is 0.326 e. The molecule has 0 saturated heterocycles. The van der Waals surface area contributed by atoms with Crippen LogP contribution in [0.3, 0.4) is 0 Å². The summed E-state index contributed by atoms with van der Waals surface area (Å²) in [6.45, 7) is 4.34. The average molecular weight is 436 g/mol. The number of carboxylic acid groups (broad SMARTS) is 1.